The Morgan fingerprint density at radius 3 is 2.89 bits per heavy atom. The van der Waals surface area contributed by atoms with E-state index < -0.39 is 0 Å². The quantitative estimate of drug-likeness (QED) is 0.914. The van der Waals surface area contributed by atoms with Gasteiger partial charge in [0.1, 0.15) is 18.0 Å². The van der Waals surface area contributed by atoms with Crippen LogP contribution in [0.5, 0.6) is 0 Å². The van der Waals surface area contributed by atoms with Crippen molar-refractivity contribution in [2.24, 2.45) is 0 Å². The highest BCUT2D eigenvalue weighted by molar-refractivity contribution is 9.11. The predicted octanol–water partition coefficient (Wildman–Crippen LogP) is 3.37. The second-order valence-electron chi connectivity index (χ2n) is 3.91. The van der Waals surface area contributed by atoms with E-state index in [4.69, 9.17) is 0 Å². The summed E-state index contributed by atoms with van der Waals surface area (Å²) in [6, 6.07) is 4.10. The normalized spacial score (nSPS) is 10.4. The Balaban J connectivity index is 2.08. The van der Waals surface area contributed by atoms with Crippen molar-refractivity contribution in [2.45, 2.75) is 13.5 Å². The molecule has 0 spiro atoms. The third-order valence-corrected chi connectivity index (χ3v) is 4.00. The molecule has 6 heteroatoms. The topological polar surface area (TPSA) is 41.0 Å². The van der Waals surface area contributed by atoms with Gasteiger partial charge in [-0.2, -0.15) is 0 Å². The molecule has 96 valence electrons. The molecule has 0 saturated heterocycles. The van der Waals surface area contributed by atoms with Gasteiger partial charge < -0.3 is 10.2 Å². The van der Waals surface area contributed by atoms with Gasteiger partial charge in [0.2, 0.25) is 0 Å². The molecule has 0 aliphatic carbocycles. The van der Waals surface area contributed by atoms with Crippen LogP contribution in [0.25, 0.3) is 0 Å². The molecular weight excluding hydrogens is 312 g/mol. The molecule has 0 amide bonds. The average molecular weight is 327 g/mol. The van der Waals surface area contributed by atoms with Crippen LogP contribution < -0.4 is 10.2 Å². The molecule has 0 aromatic carbocycles. The van der Waals surface area contributed by atoms with E-state index in [-0.39, 0.29) is 0 Å². The lowest BCUT2D eigenvalue weighted by Crippen LogP contribution is -2.17. The van der Waals surface area contributed by atoms with E-state index >= 15 is 0 Å². The van der Waals surface area contributed by atoms with Crippen molar-refractivity contribution in [3.63, 3.8) is 0 Å². The fourth-order valence-corrected chi connectivity index (χ4v) is 2.82. The molecule has 2 rings (SSSR count). The largest absolute Gasteiger partial charge is 0.370 e. The first kappa shape index (κ1) is 13.3. The highest BCUT2D eigenvalue weighted by Crippen LogP contribution is 2.23. The van der Waals surface area contributed by atoms with Crippen LogP contribution >= 0.6 is 27.3 Å². The van der Waals surface area contributed by atoms with Crippen molar-refractivity contribution < 1.29 is 0 Å². The molecule has 0 unspecified atom stereocenters. The summed E-state index contributed by atoms with van der Waals surface area (Å²) in [5.74, 6) is 1.78. The number of aromatic nitrogens is 2. The van der Waals surface area contributed by atoms with Gasteiger partial charge in [0.15, 0.2) is 0 Å². The zero-order valence-corrected chi connectivity index (χ0v) is 12.8. The Labute approximate surface area is 119 Å². The summed E-state index contributed by atoms with van der Waals surface area (Å²) in [4.78, 5) is 10.6. The third-order valence-electron chi connectivity index (χ3n) is 2.44. The van der Waals surface area contributed by atoms with E-state index in [1.807, 2.05) is 20.0 Å². The molecule has 0 aliphatic rings. The summed E-state index contributed by atoms with van der Waals surface area (Å²) in [5.41, 5.74) is 1.28. The lowest BCUT2D eigenvalue weighted by Gasteiger charge is -2.17. The van der Waals surface area contributed by atoms with Crippen LogP contribution in [-0.2, 0) is 6.54 Å². The smallest absolute Gasteiger partial charge is 0.134 e. The minimum absolute atomic E-state index is 0.838. The number of thiophene rings is 1. The maximum atomic E-state index is 4.29. The molecule has 4 nitrogen and oxygen atoms in total. The van der Waals surface area contributed by atoms with Gasteiger partial charge in [-0.3, -0.25) is 0 Å². The summed E-state index contributed by atoms with van der Waals surface area (Å²) >= 11 is 5.17. The Hall–Kier alpha value is -1.14. The molecule has 0 atom stereocenters. The predicted molar refractivity (Wildman–Crippen MR) is 80.3 cm³/mol. The fourth-order valence-electron chi connectivity index (χ4n) is 1.62. The Morgan fingerprint density at radius 2 is 2.22 bits per heavy atom. The molecule has 2 aromatic rings. The van der Waals surface area contributed by atoms with Crippen LogP contribution in [0.4, 0.5) is 11.6 Å². The highest BCUT2D eigenvalue weighted by atomic mass is 79.9. The van der Waals surface area contributed by atoms with Gasteiger partial charge in [-0.25, -0.2) is 9.97 Å². The van der Waals surface area contributed by atoms with Gasteiger partial charge in [0, 0.05) is 26.2 Å². The lowest BCUT2D eigenvalue weighted by atomic mass is 10.3. The molecular formula is C12H15BrN4S. The highest BCUT2D eigenvalue weighted by Gasteiger charge is 2.06. The second kappa shape index (κ2) is 6.15. The van der Waals surface area contributed by atoms with Crippen molar-refractivity contribution in [3.8, 4) is 0 Å². The Morgan fingerprint density at radius 1 is 1.39 bits per heavy atom. The van der Waals surface area contributed by atoms with Crippen LogP contribution in [-0.4, -0.2) is 23.6 Å². The monoisotopic (exact) mass is 326 g/mol. The van der Waals surface area contributed by atoms with Crippen LogP contribution in [0.2, 0.25) is 0 Å². The van der Waals surface area contributed by atoms with E-state index in [1.54, 1.807) is 17.7 Å². The number of nitrogens with one attached hydrogen (secondary N) is 1. The van der Waals surface area contributed by atoms with Crippen LogP contribution in [0, 0.1) is 0 Å². The van der Waals surface area contributed by atoms with Crippen LogP contribution in [0.15, 0.2) is 27.6 Å². The first-order valence-corrected chi connectivity index (χ1v) is 7.36. The Bertz CT molecular complexity index is 514. The van der Waals surface area contributed by atoms with E-state index in [0.29, 0.717) is 0 Å². The third kappa shape index (κ3) is 3.43. The number of rotatable bonds is 5. The van der Waals surface area contributed by atoms with Crippen molar-refractivity contribution in [3.05, 3.63) is 33.2 Å². The van der Waals surface area contributed by atoms with Crippen molar-refractivity contribution in [2.75, 3.05) is 23.8 Å². The van der Waals surface area contributed by atoms with Crippen molar-refractivity contribution in [1.29, 1.82) is 0 Å². The molecule has 0 bridgehead atoms. The zero-order chi connectivity index (χ0) is 13.0. The number of hydrogen-bond donors (Lipinski definition) is 1. The molecule has 0 saturated carbocycles. The van der Waals surface area contributed by atoms with Crippen molar-refractivity contribution >= 4 is 38.9 Å². The fraction of sp³-hybridized carbons (Fsp3) is 0.333. The second-order valence-corrected chi connectivity index (χ2v) is 6.20. The molecule has 2 aromatic heterocycles. The molecule has 0 aliphatic heterocycles. The SMILES string of the molecule is CCNc1cc(N(C)Cc2csc(Br)c2)ncn1. The van der Waals surface area contributed by atoms with Gasteiger partial charge in [0.05, 0.1) is 3.79 Å². The molecule has 1 N–H and O–H groups in total. The summed E-state index contributed by atoms with van der Waals surface area (Å²) < 4.78 is 1.15. The summed E-state index contributed by atoms with van der Waals surface area (Å²) in [5, 5.41) is 5.33. The van der Waals surface area contributed by atoms with E-state index in [0.717, 1.165) is 28.5 Å². The number of hydrogen-bond acceptors (Lipinski definition) is 5. The first-order valence-electron chi connectivity index (χ1n) is 5.69. The van der Waals surface area contributed by atoms with E-state index in [2.05, 4.69) is 47.6 Å². The molecule has 0 fully saturated rings. The molecule has 18 heavy (non-hydrogen) atoms. The van der Waals surface area contributed by atoms with Gasteiger partial charge in [-0.05, 0) is 39.9 Å². The average Bonchev–Trinajstić information content (AvgIpc) is 2.75. The minimum Gasteiger partial charge on any atom is -0.370 e. The Kier molecular flexibility index (Phi) is 4.54. The van der Waals surface area contributed by atoms with Crippen molar-refractivity contribution in [1.82, 2.24) is 9.97 Å². The van der Waals surface area contributed by atoms with Gasteiger partial charge in [-0.15, -0.1) is 11.3 Å². The number of halogens is 1. The number of nitrogens with zero attached hydrogens (tertiary/aromatic N) is 3. The van der Waals surface area contributed by atoms with Crippen LogP contribution in [0.1, 0.15) is 12.5 Å². The molecule has 0 radical (unpaired) electrons. The van der Waals surface area contributed by atoms with E-state index in [1.165, 1.54) is 5.56 Å². The maximum absolute atomic E-state index is 4.29. The first-order chi connectivity index (χ1) is 8.69. The zero-order valence-electron chi connectivity index (χ0n) is 10.4. The van der Waals surface area contributed by atoms with E-state index in [9.17, 15) is 0 Å². The number of anilines is 2. The van der Waals surface area contributed by atoms with Crippen LogP contribution in [0.3, 0.4) is 0 Å². The summed E-state index contributed by atoms with van der Waals surface area (Å²) in [6.45, 7) is 3.75. The summed E-state index contributed by atoms with van der Waals surface area (Å²) in [6.07, 6.45) is 1.59. The maximum Gasteiger partial charge on any atom is 0.134 e. The van der Waals surface area contributed by atoms with Gasteiger partial charge in [0.25, 0.3) is 0 Å². The lowest BCUT2D eigenvalue weighted by molar-refractivity contribution is 0.894. The molecule has 2 heterocycles. The summed E-state index contributed by atoms with van der Waals surface area (Å²) in [7, 11) is 2.03. The van der Waals surface area contributed by atoms with Gasteiger partial charge in [-0.1, -0.05) is 0 Å². The minimum atomic E-state index is 0.838. The van der Waals surface area contributed by atoms with Gasteiger partial charge >= 0.3 is 0 Å². The standard InChI is InChI=1S/C12H15BrN4S/c1-3-14-11-5-12(16-8-15-11)17(2)6-9-4-10(13)18-7-9/h4-5,7-8H,3,6H2,1-2H3,(H,14,15,16).